The Labute approximate surface area is 143 Å². The molecule has 3 rings (SSSR count). The Morgan fingerprint density at radius 3 is 2.42 bits per heavy atom. The largest absolute Gasteiger partial charge is 0.481 e. The van der Waals surface area contributed by atoms with Gasteiger partial charge in [-0.15, -0.1) is 0 Å². The van der Waals surface area contributed by atoms with Gasteiger partial charge in [-0.2, -0.15) is 0 Å². The van der Waals surface area contributed by atoms with Crippen LogP contribution in [0.25, 0.3) is 0 Å². The monoisotopic (exact) mass is 323 g/mol. The molecule has 0 aliphatic carbocycles. The summed E-state index contributed by atoms with van der Waals surface area (Å²) in [5.74, 6) is -0.853. The smallest absolute Gasteiger partial charge is 0.306 e. The minimum absolute atomic E-state index is 0.195. The fourth-order valence-corrected chi connectivity index (χ4v) is 3.73. The Morgan fingerprint density at radius 1 is 1.08 bits per heavy atom. The minimum Gasteiger partial charge on any atom is -0.481 e. The quantitative estimate of drug-likeness (QED) is 0.917. The number of carboxylic acids is 1. The molecule has 1 atom stereocenters. The number of nitrogens with zero attached hydrogens (tertiary/aromatic N) is 1. The topological polar surface area (TPSA) is 40.5 Å². The highest BCUT2D eigenvalue weighted by Gasteiger charge is 2.30. The maximum atomic E-state index is 11.3. The second-order valence-corrected chi connectivity index (χ2v) is 6.82. The van der Waals surface area contributed by atoms with Crippen LogP contribution in [-0.2, 0) is 4.79 Å². The van der Waals surface area contributed by atoms with E-state index >= 15 is 0 Å². The molecule has 0 spiro atoms. The molecule has 126 valence electrons. The molecule has 1 fully saturated rings. The summed E-state index contributed by atoms with van der Waals surface area (Å²) < 4.78 is 0. The number of carboxylic acid groups (broad SMARTS) is 1. The minimum atomic E-state index is -0.655. The van der Waals surface area contributed by atoms with Gasteiger partial charge in [0.2, 0.25) is 0 Å². The summed E-state index contributed by atoms with van der Waals surface area (Å²) in [7, 11) is 0. The van der Waals surface area contributed by atoms with Crippen molar-refractivity contribution in [3.63, 3.8) is 0 Å². The summed E-state index contributed by atoms with van der Waals surface area (Å²) in [6.45, 7) is 5.92. The van der Waals surface area contributed by atoms with Crippen LogP contribution in [0.1, 0.15) is 41.1 Å². The lowest BCUT2D eigenvalue weighted by molar-refractivity contribution is -0.143. The van der Waals surface area contributed by atoms with Crippen molar-refractivity contribution in [3.8, 4) is 0 Å². The number of aryl methyl sites for hydroxylation is 2. The van der Waals surface area contributed by atoms with Gasteiger partial charge in [-0.1, -0.05) is 54.1 Å². The summed E-state index contributed by atoms with van der Waals surface area (Å²) in [5.41, 5.74) is 5.14. The van der Waals surface area contributed by atoms with Gasteiger partial charge in [-0.25, -0.2) is 0 Å². The zero-order valence-electron chi connectivity index (χ0n) is 14.4. The van der Waals surface area contributed by atoms with Crippen LogP contribution in [0.4, 0.5) is 0 Å². The van der Waals surface area contributed by atoms with Gasteiger partial charge in [0.1, 0.15) is 0 Å². The standard InChI is InChI=1S/C21H25NO2/c1-15-6-5-8-18(14-15)20(19-9-4-3-7-16(19)2)22-12-10-17(11-13-22)21(23)24/h3-9,14,17,20H,10-13H2,1-2H3,(H,23,24). The predicted molar refractivity (Wildman–Crippen MR) is 96.1 cm³/mol. The summed E-state index contributed by atoms with van der Waals surface area (Å²) in [5, 5.41) is 9.26. The fourth-order valence-electron chi connectivity index (χ4n) is 3.73. The van der Waals surface area contributed by atoms with Gasteiger partial charge in [-0.3, -0.25) is 9.69 Å². The molecule has 0 amide bonds. The van der Waals surface area contributed by atoms with Crippen molar-refractivity contribution in [2.45, 2.75) is 32.7 Å². The van der Waals surface area contributed by atoms with Crippen LogP contribution in [0, 0.1) is 19.8 Å². The number of aliphatic carboxylic acids is 1. The van der Waals surface area contributed by atoms with Crippen molar-refractivity contribution in [3.05, 3.63) is 70.8 Å². The van der Waals surface area contributed by atoms with E-state index in [9.17, 15) is 9.90 Å². The van der Waals surface area contributed by atoms with E-state index in [1.807, 2.05) is 0 Å². The third-order valence-corrected chi connectivity index (χ3v) is 5.08. The summed E-state index contributed by atoms with van der Waals surface area (Å²) in [6.07, 6.45) is 1.45. The number of likely N-dealkylation sites (tertiary alicyclic amines) is 1. The van der Waals surface area contributed by atoms with Gasteiger partial charge in [0.05, 0.1) is 12.0 Å². The lowest BCUT2D eigenvalue weighted by Gasteiger charge is -2.37. The van der Waals surface area contributed by atoms with Crippen LogP contribution in [0.3, 0.4) is 0 Å². The molecule has 0 aromatic heterocycles. The van der Waals surface area contributed by atoms with Gasteiger partial charge in [0.25, 0.3) is 0 Å². The highest BCUT2D eigenvalue weighted by atomic mass is 16.4. The first-order valence-corrected chi connectivity index (χ1v) is 8.65. The van der Waals surface area contributed by atoms with E-state index in [0.717, 1.165) is 25.9 Å². The second-order valence-electron chi connectivity index (χ2n) is 6.82. The number of hydrogen-bond donors (Lipinski definition) is 1. The van der Waals surface area contributed by atoms with Crippen LogP contribution >= 0.6 is 0 Å². The summed E-state index contributed by atoms with van der Waals surface area (Å²) in [6, 6.07) is 17.4. The van der Waals surface area contributed by atoms with Crippen LogP contribution in [0.2, 0.25) is 0 Å². The molecule has 1 heterocycles. The number of rotatable bonds is 4. The van der Waals surface area contributed by atoms with E-state index in [1.165, 1.54) is 22.3 Å². The molecule has 0 radical (unpaired) electrons. The Bertz CT molecular complexity index is 717. The first kappa shape index (κ1) is 16.7. The zero-order valence-corrected chi connectivity index (χ0v) is 14.4. The molecule has 1 saturated heterocycles. The summed E-state index contributed by atoms with van der Waals surface area (Å²) in [4.78, 5) is 13.7. The Balaban J connectivity index is 1.95. The number of piperidine rings is 1. The molecule has 3 heteroatoms. The molecule has 0 saturated carbocycles. The van der Waals surface area contributed by atoms with Crippen LogP contribution in [0.5, 0.6) is 0 Å². The van der Waals surface area contributed by atoms with Crippen molar-refractivity contribution < 1.29 is 9.90 Å². The lowest BCUT2D eigenvalue weighted by Crippen LogP contribution is -2.39. The van der Waals surface area contributed by atoms with Gasteiger partial charge >= 0.3 is 5.97 Å². The first-order valence-electron chi connectivity index (χ1n) is 8.65. The molecular formula is C21H25NO2. The van der Waals surface area contributed by atoms with Crippen molar-refractivity contribution in [2.24, 2.45) is 5.92 Å². The zero-order chi connectivity index (χ0) is 17.1. The average Bonchev–Trinajstić information content (AvgIpc) is 2.57. The molecule has 1 aliphatic rings. The highest BCUT2D eigenvalue weighted by molar-refractivity contribution is 5.70. The number of carbonyl (C=O) groups is 1. The van der Waals surface area contributed by atoms with E-state index in [4.69, 9.17) is 0 Å². The average molecular weight is 323 g/mol. The van der Waals surface area contributed by atoms with Gasteiger partial charge in [0, 0.05) is 0 Å². The maximum absolute atomic E-state index is 11.3. The molecule has 3 nitrogen and oxygen atoms in total. The maximum Gasteiger partial charge on any atom is 0.306 e. The van der Waals surface area contributed by atoms with Gasteiger partial charge in [0.15, 0.2) is 0 Å². The van der Waals surface area contributed by atoms with E-state index in [0.29, 0.717) is 0 Å². The predicted octanol–water partition coefficient (Wildman–Crippen LogP) is 4.19. The van der Waals surface area contributed by atoms with Crippen molar-refractivity contribution >= 4 is 5.97 Å². The normalized spacial score (nSPS) is 17.6. The molecular weight excluding hydrogens is 298 g/mol. The van der Waals surface area contributed by atoms with E-state index < -0.39 is 5.97 Å². The fraction of sp³-hybridized carbons (Fsp3) is 0.381. The van der Waals surface area contributed by atoms with E-state index in [-0.39, 0.29) is 12.0 Å². The molecule has 2 aromatic carbocycles. The first-order chi connectivity index (χ1) is 11.6. The Morgan fingerprint density at radius 2 is 1.79 bits per heavy atom. The van der Waals surface area contributed by atoms with Crippen molar-refractivity contribution in [1.82, 2.24) is 4.90 Å². The second kappa shape index (κ2) is 7.18. The molecule has 1 N–H and O–H groups in total. The highest BCUT2D eigenvalue weighted by Crippen LogP contribution is 2.34. The van der Waals surface area contributed by atoms with E-state index in [1.54, 1.807) is 0 Å². The number of hydrogen-bond acceptors (Lipinski definition) is 2. The van der Waals surface area contributed by atoms with Crippen LogP contribution < -0.4 is 0 Å². The SMILES string of the molecule is Cc1cccc(C(c2ccccc2C)N2CCC(C(=O)O)CC2)c1. The molecule has 0 bridgehead atoms. The third-order valence-electron chi connectivity index (χ3n) is 5.08. The Hall–Kier alpha value is -2.13. The van der Waals surface area contributed by atoms with Gasteiger partial charge in [-0.05, 0) is 56.5 Å². The Kier molecular flexibility index (Phi) is 5.00. The van der Waals surface area contributed by atoms with Crippen LogP contribution in [0.15, 0.2) is 48.5 Å². The summed E-state index contributed by atoms with van der Waals surface area (Å²) >= 11 is 0. The molecule has 24 heavy (non-hydrogen) atoms. The molecule has 2 aromatic rings. The lowest BCUT2D eigenvalue weighted by atomic mass is 9.89. The van der Waals surface area contributed by atoms with E-state index in [2.05, 4.69) is 67.3 Å². The number of benzene rings is 2. The third kappa shape index (κ3) is 3.51. The van der Waals surface area contributed by atoms with Gasteiger partial charge < -0.3 is 5.11 Å². The van der Waals surface area contributed by atoms with Crippen LogP contribution in [-0.4, -0.2) is 29.1 Å². The van der Waals surface area contributed by atoms with Crippen molar-refractivity contribution in [2.75, 3.05) is 13.1 Å². The molecule has 1 aliphatic heterocycles. The molecule has 1 unspecified atom stereocenters. The van der Waals surface area contributed by atoms with Crippen molar-refractivity contribution in [1.29, 1.82) is 0 Å².